The summed E-state index contributed by atoms with van der Waals surface area (Å²) < 4.78 is 15.6. The van der Waals surface area contributed by atoms with Gasteiger partial charge in [0.05, 0.1) is 23.0 Å². The van der Waals surface area contributed by atoms with Gasteiger partial charge in [0.15, 0.2) is 12.4 Å². The SMILES string of the molecule is O=C(COC(=O)c1cc(-c2ccc(Cl)cc2)nc2ccccc12)c1ccc(OC(=O)c2ccco2)cc1. The number of ether oxygens (including phenoxy) is 2. The first-order chi connectivity index (χ1) is 18.0. The number of furan rings is 1. The van der Waals surface area contributed by atoms with E-state index >= 15 is 0 Å². The van der Waals surface area contributed by atoms with Crippen molar-refractivity contribution >= 4 is 40.2 Å². The van der Waals surface area contributed by atoms with Gasteiger partial charge in [-0.15, -0.1) is 0 Å². The fourth-order valence-electron chi connectivity index (χ4n) is 3.67. The molecule has 2 aromatic heterocycles. The first-order valence-corrected chi connectivity index (χ1v) is 11.6. The molecule has 0 saturated heterocycles. The third-order valence-corrected chi connectivity index (χ3v) is 5.77. The lowest BCUT2D eigenvalue weighted by atomic mass is 10.0. The van der Waals surface area contributed by atoms with Gasteiger partial charge in [-0.05, 0) is 60.7 Å². The average molecular weight is 512 g/mol. The Labute approximate surface area is 216 Å². The van der Waals surface area contributed by atoms with Gasteiger partial charge in [-0.25, -0.2) is 14.6 Å². The molecule has 0 radical (unpaired) electrons. The Morgan fingerprint density at radius 3 is 2.32 bits per heavy atom. The van der Waals surface area contributed by atoms with Gasteiger partial charge >= 0.3 is 11.9 Å². The number of rotatable bonds is 7. The molecule has 182 valence electrons. The van der Waals surface area contributed by atoms with Crippen LogP contribution in [-0.2, 0) is 4.74 Å². The average Bonchev–Trinajstić information content (AvgIpc) is 3.47. The van der Waals surface area contributed by atoms with Crippen LogP contribution in [0.5, 0.6) is 5.75 Å². The third kappa shape index (κ3) is 5.42. The van der Waals surface area contributed by atoms with Crippen molar-refractivity contribution in [2.24, 2.45) is 0 Å². The number of halogens is 1. The normalized spacial score (nSPS) is 10.7. The maximum absolute atomic E-state index is 13.0. The molecule has 3 aromatic carbocycles. The number of pyridine rings is 1. The van der Waals surface area contributed by atoms with Crippen LogP contribution in [0.3, 0.4) is 0 Å². The van der Waals surface area contributed by atoms with Crippen LogP contribution in [0.15, 0.2) is 102 Å². The highest BCUT2D eigenvalue weighted by Crippen LogP contribution is 2.26. The Kier molecular flexibility index (Phi) is 6.78. The van der Waals surface area contributed by atoms with Crippen LogP contribution in [0, 0.1) is 0 Å². The van der Waals surface area contributed by atoms with Crippen LogP contribution in [0.2, 0.25) is 5.02 Å². The third-order valence-electron chi connectivity index (χ3n) is 5.52. The summed E-state index contributed by atoms with van der Waals surface area (Å²) in [5.41, 5.74) is 2.57. The summed E-state index contributed by atoms with van der Waals surface area (Å²) in [5, 5.41) is 1.20. The number of hydrogen-bond acceptors (Lipinski definition) is 7. The standard InChI is InChI=1S/C29H18ClNO6/c30-20-11-7-18(8-12-20)25-16-23(22-4-1-2-5-24(22)31-25)28(33)36-17-26(32)19-9-13-21(14-10-19)37-29(34)27-6-3-15-35-27/h1-16H,17H2. The summed E-state index contributed by atoms with van der Waals surface area (Å²) in [5.74, 6) is -1.40. The molecule has 0 amide bonds. The van der Waals surface area contributed by atoms with E-state index in [-0.39, 0.29) is 11.5 Å². The van der Waals surface area contributed by atoms with Crippen LogP contribution in [-0.4, -0.2) is 29.3 Å². The second kappa shape index (κ2) is 10.5. The molecule has 0 bridgehead atoms. The molecule has 5 rings (SSSR count). The smallest absolute Gasteiger partial charge is 0.379 e. The molecule has 5 aromatic rings. The minimum Gasteiger partial charge on any atom is -0.457 e. The van der Waals surface area contributed by atoms with Crippen molar-refractivity contribution in [1.82, 2.24) is 4.98 Å². The number of nitrogens with zero attached hydrogens (tertiary/aromatic N) is 1. The fourth-order valence-corrected chi connectivity index (χ4v) is 3.79. The number of hydrogen-bond donors (Lipinski definition) is 0. The van der Waals surface area contributed by atoms with Gasteiger partial charge in [-0.1, -0.05) is 41.9 Å². The first kappa shape index (κ1) is 24.0. The van der Waals surface area contributed by atoms with Crippen LogP contribution >= 0.6 is 11.6 Å². The zero-order valence-electron chi connectivity index (χ0n) is 19.2. The van der Waals surface area contributed by atoms with Crippen molar-refractivity contribution in [3.8, 4) is 17.0 Å². The molecule has 7 nitrogen and oxygen atoms in total. The van der Waals surface area contributed by atoms with Crippen molar-refractivity contribution < 1.29 is 28.3 Å². The molecular formula is C29H18ClNO6. The molecule has 0 N–H and O–H groups in total. The summed E-state index contributed by atoms with van der Waals surface area (Å²) >= 11 is 6.00. The van der Waals surface area contributed by atoms with Gasteiger partial charge in [0, 0.05) is 21.5 Å². The number of aromatic nitrogens is 1. The number of benzene rings is 3. The van der Waals surface area contributed by atoms with Crippen LogP contribution in [0.25, 0.3) is 22.2 Å². The number of fused-ring (bicyclic) bond motifs is 1. The van der Waals surface area contributed by atoms with Crippen molar-refractivity contribution in [1.29, 1.82) is 0 Å². The van der Waals surface area contributed by atoms with Crippen molar-refractivity contribution in [2.45, 2.75) is 0 Å². The number of carbonyl (C=O) groups excluding carboxylic acids is 3. The molecule has 37 heavy (non-hydrogen) atoms. The number of Topliss-reactive ketones (excluding diaryl/α,β-unsaturated/α-hetero) is 1. The minimum atomic E-state index is -0.652. The summed E-state index contributed by atoms with van der Waals surface area (Å²) in [6, 6.07) is 24.9. The number of ketones is 1. The lowest BCUT2D eigenvalue weighted by molar-refractivity contribution is 0.0476. The Morgan fingerprint density at radius 2 is 1.59 bits per heavy atom. The van der Waals surface area contributed by atoms with Gasteiger partial charge in [0.25, 0.3) is 0 Å². The Morgan fingerprint density at radius 1 is 0.838 bits per heavy atom. The van der Waals surface area contributed by atoms with E-state index in [0.717, 1.165) is 5.56 Å². The van der Waals surface area contributed by atoms with Gasteiger partial charge in [-0.2, -0.15) is 0 Å². The van der Waals surface area contributed by atoms with Crippen molar-refractivity contribution in [2.75, 3.05) is 6.61 Å². The highest BCUT2D eigenvalue weighted by Gasteiger charge is 2.18. The topological polar surface area (TPSA) is 95.7 Å². The summed E-state index contributed by atoms with van der Waals surface area (Å²) in [6.07, 6.45) is 1.37. The zero-order chi connectivity index (χ0) is 25.8. The van der Waals surface area contributed by atoms with E-state index in [0.29, 0.717) is 32.7 Å². The van der Waals surface area contributed by atoms with E-state index in [9.17, 15) is 14.4 Å². The minimum absolute atomic E-state index is 0.0647. The highest BCUT2D eigenvalue weighted by atomic mass is 35.5. The molecule has 0 atom stereocenters. The van der Waals surface area contributed by atoms with Gasteiger partial charge in [0.2, 0.25) is 5.76 Å². The predicted octanol–water partition coefficient (Wildman–Crippen LogP) is 6.41. The predicted molar refractivity (Wildman–Crippen MR) is 137 cm³/mol. The van der Waals surface area contributed by atoms with E-state index in [1.807, 2.05) is 18.2 Å². The molecular weight excluding hydrogens is 494 g/mol. The Hall–Kier alpha value is -4.75. The second-order valence-corrected chi connectivity index (χ2v) is 8.41. The molecule has 0 unspecified atom stereocenters. The number of carbonyl (C=O) groups is 3. The van der Waals surface area contributed by atoms with Crippen molar-refractivity contribution in [3.05, 3.63) is 119 Å². The highest BCUT2D eigenvalue weighted by molar-refractivity contribution is 6.30. The van der Waals surface area contributed by atoms with Gasteiger partial charge in [0.1, 0.15) is 5.75 Å². The molecule has 0 aliphatic rings. The van der Waals surface area contributed by atoms with Crippen LogP contribution in [0.1, 0.15) is 31.3 Å². The quantitative estimate of drug-likeness (QED) is 0.141. The van der Waals surface area contributed by atoms with E-state index in [4.69, 9.17) is 25.5 Å². The molecule has 8 heteroatoms. The van der Waals surface area contributed by atoms with Crippen LogP contribution < -0.4 is 4.74 Å². The molecule has 0 fully saturated rings. The lowest BCUT2D eigenvalue weighted by Gasteiger charge is -2.10. The second-order valence-electron chi connectivity index (χ2n) is 7.97. The Balaban J connectivity index is 1.29. The maximum Gasteiger partial charge on any atom is 0.379 e. The maximum atomic E-state index is 13.0. The lowest BCUT2D eigenvalue weighted by Crippen LogP contribution is -2.15. The Bertz CT molecular complexity index is 1590. The molecule has 0 aliphatic carbocycles. The summed E-state index contributed by atoms with van der Waals surface area (Å²) in [6.45, 7) is -0.461. The van der Waals surface area contributed by atoms with Gasteiger partial charge in [-0.3, -0.25) is 4.79 Å². The van der Waals surface area contributed by atoms with E-state index < -0.39 is 24.3 Å². The van der Waals surface area contributed by atoms with Gasteiger partial charge < -0.3 is 13.9 Å². The monoisotopic (exact) mass is 511 g/mol. The van der Waals surface area contributed by atoms with E-state index in [1.165, 1.54) is 36.6 Å². The number of esters is 2. The number of para-hydroxylation sites is 1. The molecule has 2 heterocycles. The largest absolute Gasteiger partial charge is 0.457 e. The first-order valence-electron chi connectivity index (χ1n) is 11.2. The molecule has 0 saturated carbocycles. The van der Waals surface area contributed by atoms with Crippen molar-refractivity contribution in [3.63, 3.8) is 0 Å². The fraction of sp³-hybridized carbons (Fsp3) is 0.0345. The molecule has 0 aliphatic heterocycles. The molecule has 0 spiro atoms. The van der Waals surface area contributed by atoms with Crippen LogP contribution in [0.4, 0.5) is 0 Å². The summed E-state index contributed by atoms with van der Waals surface area (Å²) in [4.78, 5) is 42.3. The van der Waals surface area contributed by atoms with E-state index in [1.54, 1.807) is 42.5 Å². The zero-order valence-corrected chi connectivity index (χ0v) is 20.0. The van der Waals surface area contributed by atoms with E-state index in [2.05, 4.69) is 4.98 Å². The summed E-state index contributed by atoms with van der Waals surface area (Å²) in [7, 11) is 0.